The molecule has 146 valence electrons. The number of hydrogen-bond acceptors (Lipinski definition) is 5. The number of carbonyl (C=O) groups is 3. The van der Waals surface area contributed by atoms with Crippen molar-refractivity contribution in [2.45, 2.75) is 6.54 Å². The van der Waals surface area contributed by atoms with E-state index < -0.39 is 0 Å². The van der Waals surface area contributed by atoms with E-state index >= 15 is 0 Å². The van der Waals surface area contributed by atoms with Crippen molar-refractivity contribution in [1.82, 2.24) is 20.1 Å². The molecule has 2 aromatic rings. The third-order valence-electron chi connectivity index (χ3n) is 4.63. The number of nitrogens with one attached hydrogen (secondary N) is 1. The molecule has 0 bridgehead atoms. The molecule has 8 nitrogen and oxygen atoms in total. The summed E-state index contributed by atoms with van der Waals surface area (Å²) in [5, 5.41) is 2.82. The van der Waals surface area contributed by atoms with Crippen LogP contribution in [0.15, 0.2) is 42.7 Å². The van der Waals surface area contributed by atoms with Gasteiger partial charge in [0.15, 0.2) is 0 Å². The van der Waals surface area contributed by atoms with Crippen LogP contribution in [-0.4, -0.2) is 66.3 Å². The highest BCUT2D eigenvalue weighted by Gasteiger charge is 2.22. The fourth-order valence-electron chi connectivity index (χ4n) is 3.02. The fourth-order valence-corrected chi connectivity index (χ4v) is 3.02. The van der Waals surface area contributed by atoms with Crippen LogP contribution in [0.3, 0.4) is 0 Å². The van der Waals surface area contributed by atoms with Crippen molar-refractivity contribution in [3.05, 3.63) is 59.4 Å². The molecule has 0 atom stereocenters. The Morgan fingerprint density at radius 1 is 1.14 bits per heavy atom. The molecule has 1 fully saturated rings. The van der Waals surface area contributed by atoms with Crippen molar-refractivity contribution >= 4 is 18.2 Å². The minimum Gasteiger partial charge on any atom is -0.496 e. The molecule has 1 aliphatic heterocycles. The van der Waals surface area contributed by atoms with Gasteiger partial charge in [-0.15, -0.1) is 0 Å². The lowest BCUT2D eigenvalue weighted by molar-refractivity contribution is -0.119. The highest BCUT2D eigenvalue weighted by Crippen LogP contribution is 2.17. The number of aromatic nitrogens is 1. The molecule has 1 aromatic carbocycles. The third kappa shape index (κ3) is 4.46. The van der Waals surface area contributed by atoms with Gasteiger partial charge in [0.25, 0.3) is 11.8 Å². The van der Waals surface area contributed by atoms with Gasteiger partial charge in [0.05, 0.1) is 18.2 Å². The van der Waals surface area contributed by atoms with Crippen LogP contribution in [0, 0.1) is 0 Å². The molecular weight excluding hydrogens is 360 g/mol. The number of methoxy groups -OCH3 is 1. The standard InChI is InChI=1S/C20H22N4O4/c1-28-18-5-3-2-4-15(18)13-22-19(26)16-10-17(12-21-11-16)20(27)24-8-6-23(14-25)7-9-24/h2-5,10-12,14H,6-9,13H2,1H3,(H,22,26). The zero-order valence-corrected chi connectivity index (χ0v) is 15.6. The highest BCUT2D eigenvalue weighted by atomic mass is 16.5. The highest BCUT2D eigenvalue weighted by molar-refractivity contribution is 5.99. The Bertz CT molecular complexity index is 863. The number of hydrogen-bond donors (Lipinski definition) is 1. The number of ether oxygens (including phenoxy) is 1. The SMILES string of the molecule is COc1ccccc1CNC(=O)c1cncc(C(=O)N2CCN(C=O)CC2)c1. The van der Waals surface area contributed by atoms with Crippen molar-refractivity contribution in [3.63, 3.8) is 0 Å². The number of para-hydroxylation sites is 1. The van der Waals surface area contributed by atoms with E-state index in [9.17, 15) is 14.4 Å². The lowest BCUT2D eigenvalue weighted by atomic mass is 10.1. The Labute approximate surface area is 163 Å². The Morgan fingerprint density at radius 3 is 2.57 bits per heavy atom. The molecule has 0 spiro atoms. The summed E-state index contributed by atoms with van der Waals surface area (Å²) >= 11 is 0. The molecule has 3 rings (SSSR count). The summed E-state index contributed by atoms with van der Waals surface area (Å²) < 4.78 is 5.28. The molecule has 1 N–H and O–H groups in total. The zero-order valence-electron chi connectivity index (χ0n) is 15.6. The summed E-state index contributed by atoms with van der Waals surface area (Å²) in [5.41, 5.74) is 1.52. The summed E-state index contributed by atoms with van der Waals surface area (Å²) in [4.78, 5) is 43.3. The molecule has 0 aliphatic carbocycles. The molecule has 3 amide bonds. The first kappa shape index (κ1) is 19.3. The van der Waals surface area contributed by atoms with Crippen molar-refractivity contribution in [2.24, 2.45) is 0 Å². The van der Waals surface area contributed by atoms with E-state index in [1.165, 1.54) is 12.4 Å². The van der Waals surface area contributed by atoms with Crippen LogP contribution in [-0.2, 0) is 11.3 Å². The van der Waals surface area contributed by atoms with Crippen LogP contribution in [0.1, 0.15) is 26.3 Å². The van der Waals surface area contributed by atoms with Crippen molar-refractivity contribution in [3.8, 4) is 5.75 Å². The molecule has 0 saturated carbocycles. The van der Waals surface area contributed by atoms with E-state index in [-0.39, 0.29) is 11.8 Å². The monoisotopic (exact) mass is 382 g/mol. The van der Waals surface area contributed by atoms with E-state index in [4.69, 9.17) is 4.74 Å². The number of rotatable bonds is 6. The maximum atomic E-state index is 12.7. The van der Waals surface area contributed by atoms with Gasteiger partial charge in [-0.05, 0) is 12.1 Å². The van der Waals surface area contributed by atoms with Gasteiger partial charge < -0.3 is 19.9 Å². The Balaban J connectivity index is 1.64. The van der Waals surface area contributed by atoms with E-state index in [1.54, 1.807) is 23.0 Å². The normalized spacial score (nSPS) is 13.8. The van der Waals surface area contributed by atoms with Gasteiger partial charge in [0.2, 0.25) is 6.41 Å². The molecule has 0 radical (unpaired) electrons. The molecule has 2 heterocycles. The lowest BCUT2D eigenvalue weighted by Gasteiger charge is -2.32. The quantitative estimate of drug-likeness (QED) is 0.751. The first-order valence-corrected chi connectivity index (χ1v) is 8.96. The van der Waals surface area contributed by atoms with Crippen LogP contribution in [0.2, 0.25) is 0 Å². The second kappa shape index (κ2) is 8.98. The van der Waals surface area contributed by atoms with E-state index in [1.807, 2.05) is 24.3 Å². The predicted molar refractivity (Wildman–Crippen MR) is 102 cm³/mol. The molecule has 0 unspecified atom stereocenters. The van der Waals surface area contributed by atoms with E-state index in [0.717, 1.165) is 12.0 Å². The van der Waals surface area contributed by atoms with Crippen LogP contribution in [0.4, 0.5) is 0 Å². The summed E-state index contributed by atoms with van der Waals surface area (Å²) in [7, 11) is 1.58. The second-order valence-corrected chi connectivity index (χ2v) is 6.39. The topological polar surface area (TPSA) is 91.8 Å². The van der Waals surface area contributed by atoms with Gasteiger partial charge in [-0.3, -0.25) is 19.4 Å². The summed E-state index contributed by atoms with van der Waals surface area (Å²) in [6.07, 6.45) is 3.67. The molecule has 8 heteroatoms. The number of nitrogens with zero attached hydrogens (tertiary/aromatic N) is 3. The van der Waals surface area contributed by atoms with Crippen LogP contribution < -0.4 is 10.1 Å². The second-order valence-electron chi connectivity index (χ2n) is 6.39. The molecule has 1 saturated heterocycles. The third-order valence-corrected chi connectivity index (χ3v) is 4.63. The largest absolute Gasteiger partial charge is 0.496 e. The minimum atomic E-state index is -0.321. The van der Waals surface area contributed by atoms with Crippen molar-refractivity contribution in [2.75, 3.05) is 33.3 Å². The van der Waals surface area contributed by atoms with Gasteiger partial charge in [-0.25, -0.2) is 0 Å². The van der Waals surface area contributed by atoms with Crippen LogP contribution >= 0.6 is 0 Å². The summed E-state index contributed by atoms with van der Waals surface area (Å²) in [5.74, 6) is 0.176. The summed E-state index contributed by atoms with van der Waals surface area (Å²) in [6, 6.07) is 8.97. The number of piperazine rings is 1. The smallest absolute Gasteiger partial charge is 0.255 e. The Kier molecular flexibility index (Phi) is 6.21. The Morgan fingerprint density at radius 2 is 1.86 bits per heavy atom. The lowest BCUT2D eigenvalue weighted by Crippen LogP contribution is -2.48. The minimum absolute atomic E-state index is 0.197. The van der Waals surface area contributed by atoms with Gasteiger partial charge in [-0.2, -0.15) is 0 Å². The fraction of sp³-hybridized carbons (Fsp3) is 0.300. The number of pyridine rings is 1. The maximum Gasteiger partial charge on any atom is 0.255 e. The molecule has 1 aliphatic rings. The van der Waals surface area contributed by atoms with Crippen molar-refractivity contribution in [1.29, 1.82) is 0 Å². The van der Waals surface area contributed by atoms with E-state index in [2.05, 4.69) is 10.3 Å². The first-order chi connectivity index (χ1) is 13.6. The van der Waals surface area contributed by atoms with Gasteiger partial charge in [-0.1, -0.05) is 18.2 Å². The molecular formula is C20H22N4O4. The summed E-state index contributed by atoms with van der Waals surface area (Å²) in [6.45, 7) is 2.22. The van der Waals surface area contributed by atoms with Crippen LogP contribution in [0.25, 0.3) is 0 Å². The number of benzene rings is 1. The maximum absolute atomic E-state index is 12.7. The van der Waals surface area contributed by atoms with Gasteiger partial charge in [0.1, 0.15) is 5.75 Å². The van der Waals surface area contributed by atoms with E-state index in [0.29, 0.717) is 49.6 Å². The predicted octanol–water partition coefficient (Wildman–Crippen LogP) is 0.934. The van der Waals surface area contributed by atoms with Gasteiger partial charge >= 0.3 is 0 Å². The number of carbonyl (C=O) groups excluding carboxylic acids is 3. The molecule has 28 heavy (non-hydrogen) atoms. The number of amides is 3. The van der Waals surface area contributed by atoms with Crippen molar-refractivity contribution < 1.29 is 19.1 Å². The molecule has 1 aromatic heterocycles. The zero-order chi connectivity index (χ0) is 19.9. The average molecular weight is 382 g/mol. The van der Waals surface area contributed by atoms with Gasteiger partial charge in [0, 0.05) is 50.7 Å². The first-order valence-electron chi connectivity index (χ1n) is 8.96. The average Bonchev–Trinajstić information content (AvgIpc) is 2.77. The van der Waals surface area contributed by atoms with Crippen LogP contribution in [0.5, 0.6) is 5.75 Å². The Hall–Kier alpha value is -3.42.